The van der Waals surface area contributed by atoms with Gasteiger partial charge in [0.2, 0.25) is 0 Å². The van der Waals surface area contributed by atoms with Crippen LogP contribution in [0.5, 0.6) is 0 Å². The first-order chi connectivity index (χ1) is 31.7. The summed E-state index contributed by atoms with van der Waals surface area (Å²) in [5, 5.41) is 9.45. The second-order valence-electron chi connectivity index (χ2n) is 16.4. The Morgan fingerprint density at radius 1 is 0.297 bits per heavy atom. The molecule has 0 saturated heterocycles. The molecule has 0 aliphatic carbocycles. The Hall–Kier alpha value is -8.25. The van der Waals surface area contributed by atoms with E-state index in [9.17, 15) is 0 Å². The minimum Gasteiger partial charge on any atom is -0.308 e. The molecule has 0 spiro atoms. The van der Waals surface area contributed by atoms with Gasteiger partial charge >= 0.3 is 0 Å². The normalized spacial score (nSPS) is 11.8. The number of thiophene rings is 1. The first kappa shape index (κ1) is 36.4. The molecule has 10 aromatic carbocycles. The molecule has 3 heterocycles. The molecule has 0 radical (unpaired) electrons. The molecule has 13 rings (SSSR count). The molecule has 3 aromatic heterocycles. The average Bonchev–Trinajstić information content (AvgIpc) is 3.90. The quantitative estimate of drug-likeness (QED) is 0.168. The van der Waals surface area contributed by atoms with Crippen molar-refractivity contribution in [3.63, 3.8) is 0 Å². The van der Waals surface area contributed by atoms with Crippen LogP contribution in [0.2, 0.25) is 0 Å². The molecular weight excluding hydrogens is 797 g/mol. The van der Waals surface area contributed by atoms with Crippen molar-refractivity contribution in [1.82, 2.24) is 19.5 Å². The summed E-state index contributed by atoms with van der Waals surface area (Å²) >= 11 is 1.81. The average molecular weight is 833 g/mol. The van der Waals surface area contributed by atoms with Gasteiger partial charge in [0.15, 0.2) is 17.5 Å². The number of nitrogens with zero attached hydrogens (tertiary/aromatic N) is 4. The minimum absolute atomic E-state index is 0.617. The molecule has 0 fully saturated rings. The summed E-state index contributed by atoms with van der Waals surface area (Å²) in [6.45, 7) is 0. The van der Waals surface area contributed by atoms with Crippen molar-refractivity contribution in [2.75, 3.05) is 0 Å². The highest BCUT2D eigenvalue weighted by Gasteiger charge is 2.24. The summed E-state index contributed by atoms with van der Waals surface area (Å²) in [5.41, 5.74) is 10.7. The summed E-state index contributed by atoms with van der Waals surface area (Å²) in [5.74, 6) is 1.88. The number of aromatic nitrogens is 4. The van der Waals surface area contributed by atoms with Crippen molar-refractivity contribution in [2.24, 2.45) is 0 Å². The van der Waals surface area contributed by atoms with Crippen molar-refractivity contribution in [2.45, 2.75) is 0 Å². The zero-order chi connectivity index (χ0) is 42.1. The molecule has 64 heavy (non-hydrogen) atoms. The maximum Gasteiger partial charge on any atom is 0.164 e. The van der Waals surface area contributed by atoms with E-state index in [4.69, 9.17) is 15.0 Å². The van der Waals surface area contributed by atoms with Crippen LogP contribution in [0.3, 0.4) is 0 Å². The molecule has 0 aliphatic heterocycles. The van der Waals surface area contributed by atoms with Crippen LogP contribution in [0.15, 0.2) is 218 Å². The van der Waals surface area contributed by atoms with E-state index in [-0.39, 0.29) is 0 Å². The maximum absolute atomic E-state index is 5.46. The number of hydrogen-bond donors (Lipinski definition) is 0. The Kier molecular flexibility index (Phi) is 8.36. The summed E-state index contributed by atoms with van der Waals surface area (Å²) in [7, 11) is 0. The molecule has 0 unspecified atom stereocenters. The third kappa shape index (κ3) is 5.93. The van der Waals surface area contributed by atoms with Gasteiger partial charge in [0.25, 0.3) is 0 Å². The summed E-state index contributed by atoms with van der Waals surface area (Å²) in [4.78, 5) is 16.1. The number of benzene rings is 10. The molecule has 298 valence electrons. The lowest BCUT2D eigenvalue weighted by Gasteiger charge is -2.21. The van der Waals surface area contributed by atoms with Crippen LogP contribution in [-0.4, -0.2) is 19.5 Å². The zero-order valence-electron chi connectivity index (χ0n) is 34.5. The molecule has 0 saturated carbocycles. The van der Waals surface area contributed by atoms with E-state index in [0.717, 1.165) is 66.4 Å². The fourth-order valence-corrected chi connectivity index (χ4v) is 10.7. The van der Waals surface area contributed by atoms with Crippen LogP contribution in [0.1, 0.15) is 0 Å². The highest BCUT2D eigenvalue weighted by atomic mass is 32.1. The Morgan fingerprint density at radius 3 is 1.66 bits per heavy atom. The van der Waals surface area contributed by atoms with Gasteiger partial charge in [0, 0.05) is 58.6 Å². The molecule has 5 heteroatoms. The second kappa shape index (κ2) is 14.7. The molecule has 0 amide bonds. The van der Waals surface area contributed by atoms with Crippen molar-refractivity contribution >= 4 is 74.9 Å². The third-order valence-electron chi connectivity index (χ3n) is 12.6. The van der Waals surface area contributed by atoms with Crippen molar-refractivity contribution in [3.8, 4) is 62.1 Å². The largest absolute Gasteiger partial charge is 0.308 e. The predicted octanol–water partition coefficient (Wildman–Crippen LogP) is 16.0. The van der Waals surface area contributed by atoms with Crippen LogP contribution < -0.4 is 0 Å². The SMILES string of the molecule is c1ccc(-c2ccc3c(-n4c5ccccc5c5cc6ccccc6cc54)c(-c4ccccc4)cc(-c4nc(-c5ccccc5)nc(-c5ccc6sc7ccccc7c6c5)n4)c3c2)cc1. The van der Waals surface area contributed by atoms with Gasteiger partial charge in [-0.15, -0.1) is 11.3 Å². The first-order valence-electron chi connectivity index (χ1n) is 21.6. The highest BCUT2D eigenvalue weighted by Crippen LogP contribution is 2.45. The van der Waals surface area contributed by atoms with Gasteiger partial charge in [-0.2, -0.15) is 0 Å². The molecular formula is C59H36N4S. The molecule has 0 N–H and O–H groups in total. The van der Waals surface area contributed by atoms with Gasteiger partial charge in [0.05, 0.1) is 16.7 Å². The van der Waals surface area contributed by atoms with E-state index >= 15 is 0 Å². The Labute approximate surface area is 373 Å². The third-order valence-corrected chi connectivity index (χ3v) is 13.8. The standard InChI is InChI=1S/C59H36N4S/c1-4-16-37(17-5-1)42-28-30-46-48(32-42)51(59-61-57(39-20-8-3-9-21-39)60-58(62-59)43-29-31-55-50(34-43)45-25-13-15-27-54(45)64-55)36-47(38-18-6-2-7-19-38)56(46)63-52-26-14-12-24-44(52)49-33-40-22-10-11-23-41(40)35-53(49)63/h1-36H. The molecule has 0 aliphatic rings. The number of rotatable bonds is 6. The number of hydrogen-bond acceptors (Lipinski definition) is 4. The zero-order valence-corrected chi connectivity index (χ0v) is 35.3. The summed E-state index contributed by atoms with van der Waals surface area (Å²) in [6, 6.07) is 78.3. The lowest BCUT2D eigenvalue weighted by molar-refractivity contribution is 1.08. The Morgan fingerprint density at radius 2 is 0.875 bits per heavy atom. The van der Waals surface area contributed by atoms with Gasteiger partial charge in [0.1, 0.15) is 0 Å². The smallest absolute Gasteiger partial charge is 0.164 e. The summed E-state index contributed by atoms with van der Waals surface area (Å²) in [6.07, 6.45) is 0. The number of fused-ring (bicyclic) bond motifs is 8. The minimum atomic E-state index is 0.617. The van der Waals surface area contributed by atoms with Gasteiger partial charge in [-0.05, 0) is 87.4 Å². The number of para-hydroxylation sites is 1. The van der Waals surface area contributed by atoms with Gasteiger partial charge in [-0.3, -0.25) is 0 Å². The molecule has 0 bridgehead atoms. The molecule has 13 aromatic rings. The van der Waals surface area contributed by atoms with Gasteiger partial charge in [-0.1, -0.05) is 164 Å². The van der Waals surface area contributed by atoms with Gasteiger partial charge in [-0.25, -0.2) is 15.0 Å². The van der Waals surface area contributed by atoms with E-state index in [2.05, 4.69) is 205 Å². The van der Waals surface area contributed by atoms with Crippen LogP contribution in [-0.2, 0) is 0 Å². The fraction of sp³-hybridized carbons (Fsp3) is 0. The van der Waals surface area contributed by atoms with Crippen LogP contribution in [0, 0.1) is 0 Å². The topological polar surface area (TPSA) is 43.6 Å². The fourth-order valence-electron chi connectivity index (χ4n) is 9.59. The summed E-state index contributed by atoms with van der Waals surface area (Å²) < 4.78 is 4.99. The Balaban J connectivity index is 1.16. The van der Waals surface area contributed by atoms with E-state index < -0.39 is 0 Å². The molecule has 4 nitrogen and oxygen atoms in total. The lowest BCUT2D eigenvalue weighted by atomic mass is 9.91. The van der Waals surface area contributed by atoms with Crippen LogP contribution >= 0.6 is 11.3 Å². The van der Waals surface area contributed by atoms with E-state index in [0.29, 0.717) is 17.5 Å². The Bertz CT molecular complexity index is 3950. The molecule has 0 atom stereocenters. The maximum atomic E-state index is 5.46. The van der Waals surface area contributed by atoms with E-state index in [1.165, 1.54) is 41.7 Å². The predicted molar refractivity (Wildman–Crippen MR) is 269 cm³/mol. The lowest BCUT2D eigenvalue weighted by Crippen LogP contribution is -2.04. The monoisotopic (exact) mass is 832 g/mol. The van der Waals surface area contributed by atoms with Gasteiger partial charge < -0.3 is 4.57 Å². The van der Waals surface area contributed by atoms with Crippen LogP contribution in [0.25, 0.3) is 126 Å². The first-order valence-corrected chi connectivity index (χ1v) is 22.4. The highest BCUT2D eigenvalue weighted by molar-refractivity contribution is 7.25. The van der Waals surface area contributed by atoms with E-state index in [1.807, 2.05) is 29.5 Å². The van der Waals surface area contributed by atoms with Crippen molar-refractivity contribution in [1.29, 1.82) is 0 Å². The van der Waals surface area contributed by atoms with Crippen molar-refractivity contribution < 1.29 is 0 Å². The van der Waals surface area contributed by atoms with Crippen LogP contribution in [0.4, 0.5) is 0 Å². The van der Waals surface area contributed by atoms with Crippen molar-refractivity contribution in [3.05, 3.63) is 218 Å². The second-order valence-corrected chi connectivity index (χ2v) is 17.4. The van der Waals surface area contributed by atoms with E-state index in [1.54, 1.807) is 0 Å².